The van der Waals surface area contributed by atoms with E-state index in [1.54, 1.807) is 5.92 Å². The molecule has 1 fully saturated rings. The fourth-order valence-corrected chi connectivity index (χ4v) is 2.64. The monoisotopic (exact) mass is 181 g/mol. The first-order chi connectivity index (χ1) is 6.09. The van der Waals surface area contributed by atoms with Crippen LogP contribution in [0.4, 0.5) is 0 Å². The molecule has 1 aliphatic rings. The Kier molecular flexibility index (Phi) is 4.28. The molecule has 0 saturated heterocycles. The van der Waals surface area contributed by atoms with Crippen LogP contribution in [0.3, 0.4) is 0 Å². The van der Waals surface area contributed by atoms with Crippen molar-refractivity contribution in [3.05, 3.63) is 5.92 Å². The molecule has 1 rings (SSSR count). The molecule has 0 bridgehead atoms. The maximum atomic E-state index is 2.38. The third-order valence-electron chi connectivity index (χ3n) is 3.53. The lowest BCUT2D eigenvalue weighted by Gasteiger charge is -2.31. The van der Waals surface area contributed by atoms with Crippen LogP contribution in [-0.4, -0.2) is 0 Å². The van der Waals surface area contributed by atoms with Crippen LogP contribution < -0.4 is 0 Å². The molecule has 13 heavy (non-hydrogen) atoms. The van der Waals surface area contributed by atoms with Gasteiger partial charge in [0.25, 0.3) is 0 Å². The lowest BCUT2D eigenvalue weighted by molar-refractivity contribution is 0.219. The van der Waals surface area contributed by atoms with E-state index in [0.717, 1.165) is 17.8 Å². The van der Waals surface area contributed by atoms with Crippen molar-refractivity contribution in [3.8, 4) is 0 Å². The predicted molar refractivity (Wildman–Crippen MR) is 59.5 cm³/mol. The quantitative estimate of drug-likeness (QED) is 0.603. The average Bonchev–Trinajstić information content (AvgIpc) is 2.04. The molecule has 0 amide bonds. The zero-order valence-electron chi connectivity index (χ0n) is 9.77. The molecule has 1 radical (unpaired) electrons. The summed E-state index contributed by atoms with van der Waals surface area (Å²) in [6, 6.07) is 0. The Bertz CT molecular complexity index is 127. The molecule has 77 valence electrons. The van der Waals surface area contributed by atoms with Gasteiger partial charge in [0.15, 0.2) is 0 Å². The van der Waals surface area contributed by atoms with Crippen LogP contribution in [0.15, 0.2) is 0 Å². The van der Waals surface area contributed by atoms with Gasteiger partial charge in [0.2, 0.25) is 0 Å². The van der Waals surface area contributed by atoms with E-state index < -0.39 is 0 Å². The van der Waals surface area contributed by atoms with E-state index in [-0.39, 0.29) is 0 Å². The van der Waals surface area contributed by atoms with E-state index in [9.17, 15) is 0 Å². The van der Waals surface area contributed by atoms with Gasteiger partial charge in [-0.05, 0) is 42.9 Å². The Hall–Kier alpha value is 0. The molecule has 1 aliphatic carbocycles. The molecular formula is C13H25. The first kappa shape index (κ1) is 11.1. The van der Waals surface area contributed by atoms with Crippen molar-refractivity contribution in [3.63, 3.8) is 0 Å². The summed E-state index contributed by atoms with van der Waals surface area (Å²) in [4.78, 5) is 0. The number of hydrogen-bond donors (Lipinski definition) is 0. The zero-order valence-corrected chi connectivity index (χ0v) is 9.77. The molecule has 0 N–H and O–H groups in total. The van der Waals surface area contributed by atoms with E-state index >= 15 is 0 Å². The van der Waals surface area contributed by atoms with Crippen molar-refractivity contribution in [1.82, 2.24) is 0 Å². The Morgan fingerprint density at radius 3 is 2.00 bits per heavy atom. The Morgan fingerprint density at radius 2 is 1.62 bits per heavy atom. The van der Waals surface area contributed by atoms with Crippen LogP contribution in [-0.2, 0) is 0 Å². The zero-order chi connectivity index (χ0) is 9.84. The van der Waals surface area contributed by atoms with Crippen molar-refractivity contribution >= 4 is 0 Å². The van der Waals surface area contributed by atoms with Gasteiger partial charge in [-0.2, -0.15) is 0 Å². The van der Waals surface area contributed by atoms with Gasteiger partial charge in [-0.15, -0.1) is 0 Å². The summed E-state index contributed by atoms with van der Waals surface area (Å²) >= 11 is 0. The van der Waals surface area contributed by atoms with E-state index in [0.29, 0.717) is 0 Å². The van der Waals surface area contributed by atoms with Gasteiger partial charge in [-0.25, -0.2) is 0 Å². The number of hydrogen-bond acceptors (Lipinski definition) is 0. The summed E-state index contributed by atoms with van der Waals surface area (Å²) in [6.07, 6.45) is 7.30. The van der Waals surface area contributed by atoms with Crippen LogP contribution >= 0.6 is 0 Å². The summed E-state index contributed by atoms with van der Waals surface area (Å²) < 4.78 is 0. The first-order valence-electron chi connectivity index (χ1n) is 5.88. The third kappa shape index (κ3) is 3.70. The predicted octanol–water partition coefficient (Wildman–Crippen LogP) is 4.45. The maximum Gasteiger partial charge on any atom is -0.0300 e. The highest BCUT2D eigenvalue weighted by molar-refractivity contribution is 4.84. The molecule has 0 heterocycles. The molecule has 1 saturated carbocycles. The molecule has 0 nitrogen and oxygen atoms in total. The summed E-state index contributed by atoms with van der Waals surface area (Å²) in [7, 11) is 0. The fourth-order valence-electron chi connectivity index (χ4n) is 2.64. The Labute approximate surface area is 84.1 Å². The minimum atomic E-state index is 0.910. The fraction of sp³-hybridized carbons (Fsp3) is 0.923. The van der Waals surface area contributed by atoms with E-state index in [1.807, 2.05) is 0 Å². The van der Waals surface area contributed by atoms with Crippen LogP contribution in [0, 0.1) is 23.7 Å². The summed E-state index contributed by atoms with van der Waals surface area (Å²) in [6.45, 7) is 9.30. The summed E-state index contributed by atoms with van der Waals surface area (Å²) in [5.41, 5.74) is 0. The van der Waals surface area contributed by atoms with Crippen molar-refractivity contribution in [2.24, 2.45) is 17.8 Å². The van der Waals surface area contributed by atoms with E-state index in [2.05, 4.69) is 27.7 Å². The second-order valence-electron chi connectivity index (χ2n) is 5.44. The minimum absolute atomic E-state index is 0.910. The van der Waals surface area contributed by atoms with Crippen molar-refractivity contribution in [1.29, 1.82) is 0 Å². The van der Waals surface area contributed by atoms with Crippen molar-refractivity contribution in [2.75, 3.05) is 0 Å². The molecule has 0 spiro atoms. The lowest BCUT2D eigenvalue weighted by atomic mass is 9.75. The second kappa shape index (κ2) is 5.02. The van der Waals surface area contributed by atoms with Crippen LogP contribution in [0.2, 0.25) is 0 Å². The lowest BCUT2D eigenvalue weighted by Crippen LogP contribution is -2.19. The third-order valence-corrected chi connectivity index (χ3v) is 3.53. The van der Waals surface area contributed by atoms with Gasteiger partial charge in [0.05, 0.1) is 0 Å². The second-order valence-corrected chi connectivity index (χ2v) is 5.44. The van der Waals surface area contributed by atoms with Gasteiger partial charge in [-0.1, -0.05) is 40.5 Å². The summed E-state index contributed by atoms with van der Waals surface area (Å²) in [5, 5.41) is 0. The SMILES string of the molecule is C[C](C)CC1CCC(C(C)C)CC1. The highest BCUT2D eigenvalue weighted by Crippen LogP contribution is 2.36. The molecule has 0 heteroatoms. The Morgan fingerprint density at radius 1 is 1.08 bits per heavy atom. The van der Waals surface area contributed by atoms with Gasteiger partial charge < -0.3 is 0 Å². The maximum absolute atomic E-state index is 2.38. The normalized spacial score (nSPS) is 30.0. The van der Waals surface area contributed by atoms with Crippen LogP contribution in [0.1, 0.15) is 59.8 Å². The van der Waals surface area contributed by atoms with Gasteiger partial charge in [0.1, 0.15) is 0 Å². The van der Waals surface area contributed by atoms with Gasteiger partial charge >= 0.3 is 0 Å². The van der Waals surface area contributed by atoms with Crippen molar-refractivity contribution < 1.29 is 0 Å². The molecule has 0 aromatic rings. The smallest absolute Gasteiger partial charge is 0.0300 e. The molecule has 0 unspecified atom stereocenters. The highest BCUT2D eigenvalue weighted by atomic mass is 14.3. The Balaban J connectivity index is 2.22. The minimum Gasteiger partial charge on any atom is -0.0625 e. The number of rotatable bonds is 3. The molecule has 0 aromatic carbocycles. The molecule has 0 atom stereocenters. The first-order valence-corrected chi connectivity index (χ1v) is 5.88. The van der Waals surface area contributed by atoms with Crippen LogP contribution in [0.5, 0.6) is 0 Å². The van der Waals surface area contributed by atoms with E-state index in [4.69, 9.17) is 0 Å². The topological polar surface area (TPSA) is 0 Å². The molecule has 0 aromatic heterocycles. The van der Waals surface area contributed by atoms with Crippen LogP contribution in [0.25, 0.3) is 0 Å². The summed E-state index contributed by atoms with van der Waals surface area (Å²) in [5.74, 6) is 4.56. The van der Waals surface area contributed by atoms with Gasteiger partial charge in [0, 0.05) is 0 Å². The standard InChI is InChI=1S/C13H25/c1-10(2)9-12-5-7-13(8-6-12)11(3)4/h11-13H,5-9H2,1-4H3. The van der Waals surface area contributed by atoms with Gasteiger partial charge in [-0.3, -0.25) is 0 Å². The largest absolute Gasteiger partial charge is 0.0625 e. The van der Waals surface area contributed by atoms with Crippen molar-refractivity contribution in [2.45, 2.75) is 59.8 Å². The average molecular weight is 181 g/mol. The molecule has 0 aliphatic heterocycles. The highest BCUT2D eigenvalue weighted by Gasteiger charge is 2.23. The van der Waals surface area contributed by atoms with E-state index in [1.165, 1.54) is 32.1 Å². The molecular weight excluding hydrogens is 156 g/mol.